The summed E-state index contributed by atoms with van der Waals surface area (Å²) in [7, 11) is 0. The minimum absolute atomic E-state index is 0.131. The van der Waals surface area contributed by atoms with Crippen molar-refractivity contribution in [2.75, 3.05) is 11.9 Å². The van der Waals surface area contributed by atoms with Gasteiger partial charge in [0, 0.05) is 17.6 Å². The number of nitrogens with one attached hydrogen (secondary N) is 2. The molecule has 3 nitrogen and oxygen atoms in total. The third-order valence-electron chi connectivity index (χ3n) is 4.94. The second kappa shape index (κ2) is 6.68. The Morgan fingerprint density at radius 3 is 2.21 bits per heavy atom. The first-order valence-corrected chi connectivity index (χ1v) is 8.70. The number of anilines is 1. The van der Waals surface area contributed by atoms with Gasteiger partial charge in [-0.3, -0.25) is 0 Å². The van der Waals surface area contributed by atoms with Crippen LogP contribution in [0.15, 0.2) is 48.5 Å². The van der Waals surface area contributed by atoms with Crippen LogP contribution in [-0.4, -0.2) is 12.6 Å². The van der Waals surface area contributed by atoms with Crippen LogP contribution in [0.4, 0.5) is 10.5 Å². The van der Waals surface area contributed by atoms with Crippen molar-refractivity contribution in [1.29, 1.82) is 0 Å². The van der Waals surface area contributed by atoms with E-state index in [0.717, 1.165) is 18.5 Å². The highest BCUT2D eigenvalue weighted by Crippen LogP contribution is 2.47. The predicted octanol–water partition coefficient (Wildman–Crippen LogP) is 4.97. The number of hydrogen-bond acceptors (Lipinski definition) is 1. The van der Waals surface area contributed by atoms with Crippen LogP contribution in [0.1, 0.15) is 49.3 Å². The summed E-state index contributed by atoms with van der Waals surface area (Å²) < 4.78 is 0. The normalized spacial score (nSPS) is 15.2. The Morgan fingerprint density at radius 1 is 1.04 bits per heavy atom. The van der Waals surface area contributed by atoms with Gasteiger partial charge in [0.1, 0.15) is 0 Å². The van der Waals surface area contributed by atoms with E-state index < -0.39 is 0 Å². The largest absolute Gasteiger partial charge is 0.337 e. The van der Waals surface area contributed by atoms with Gasteiger partial charge in [0.15, 0.2) is 0 Å². The first-order chi connectivity index (χ1) is 11.5. The summed E-state index contributed by atoms with van der Waals surface area (Å²) >= 11 is 0. The highest BCUT2D eigenvalue weighted by molar-refractivity contribution is 5.89. The van der Waals surface area contributed by atoms with Crippen LogP contribution in [0.2, 0.25) is 0 Å². The van der Waals surface area contributed by atoms with Crippen molar-refractivity contribution in [2.24, 2.45) is 0 Å². The molecule has 2 amide bonds. The van der Waals surface area contributed by atoms with E-state index in [1.807, 2.05) is 12.1 Å². The molecular formula is C21H26N2O. The maximum Gasteiger partial charge on any atom is 0.319 e. The summed E-state index contributed by atoms with van der Waals surface area (Å²) in [5, 5.41) is 5.95. The molecule has 0 saturated heterocycles. The van der Waals surface area contributed by atoms with Crippen molar-refractivity contribution < 1.29 is 4.79 Å². The summed E-state index contributed by atoms with van der Waals surface area (Å²) in [5.74, 6) is 0.497. The highest BCUT2D eigenvalue weighted by atomic mass is 16.2. The molecule has 0 aromatic heterocycles. The van der Waals surface area contributed by atoms with Gasteiger partial charge in [-0.1, -0.05) is 55.8 Å². The molecule has 0 atom stereocenters. The molecule has 1 saturated carbocycles. The van der Waals surface area contributed by atoms with E-state index in [1.54, 1.807) is 0 Å². The van der Waals surface area contributed by atoms with Crippen molar-refractivity contribution in [3.8, 4) is 0 Å². The van der Waals surface area contributed by atoms with Crippen LogP contribution in [0.5, 0.6) is 0 Å². The van der Waals surface area contributed by atoms with Gasteiger partial charge in [0.05, 0.1) is 0 Å². The quantitative estimate of drug-likeness (QED) is 0.801. The van der Waals surface area contributed by atoms with Gasteiger partial charge in [-0.15, -0.1) is 0 Å². The molecular weight excluding hydrogens is 296 g/mol. The number of amides is 2. The van der Waals surface area contributed by atoms with Crippen LogP contribution < -0.4 is 10.6 Å². The maximum absolute atomic E-state index is 12.2. The Labute approximate surface area is 144 Å². The highest BCUT2D eigenvalue weighted by Gasteiger charge is 2.44. The van der Waals surface area contributed by atoms with Crippen LogP contribution >= 0.6 is 0 Å². The predicted molar refractivity (Wildman–Crippen MR) is 99.6 cm³/mol. The molecule has 2 aromatic rings. The van der Waals surface area contributed by atoms with E-state index in [9.17, 15) is 4.79 Å². The van der Waals surface area contributed by atoms with E-state index >= 15 is 0 Å². The SMILES string of the molecule is Cc1ccc(C2(CNC(=O)Nc3ccc(C(C)C)cc3)CC2)cc1. The molecule has 1 aliphatic rings. The topological polar surface area (TPSA) is 41.1 Å². The number of urea groups is 1. The van der Waals surface area contributed by atoms with E-state index in [1.165, 1.54) is 16.7 Å². The van der Waals surface area contributed by atoms with Gasteiger partial charge in [0.2, 0.25) is 0 Å². The molecule has 1 aliphatic carbocycles. The minimum atomic E-state index is -0.134. The van der Waals surface area contributed by atoms with E-state index in [2.05, 4.69) is 67.8 Å². The molecule has 2 N–H and O–H groups in total. The number of hydrogen-bond donors (Lipinski definition) is 2. The zero-order chi connectivity index (χ0) is 17.2. The van der Waals surface area contributed by atoms with E-state index in [0.29, 0.717) is 12.5 Å². The van der Waals surface area contributed by atoms with Crippen molar-refractivity contribution in [3.63, 3.8) is 0 Å². The van der Waals surface area contributed by atoms with Crippen LogP contribution in [0, 0.1) is 6.92 Å². The first-order valence-electron chi connectivity index (χ1n) is 8.70. The maximum atomic E-state index is 12.2. The zero-order valence-electron chi connectivity index (χ0n) is 14.7. The fourth-order valence-electron chi connectivity index (χ4n) is 3.00. The fourth-order valence-corrected chi connectivity index (χ4v) is 3.00. The fraction of sp³-hybridized carbons (Fsp3) is 0.381. The van der Waals surface area contributed by atoms with E-state index in [4.69, 9.17) is 0 Å². The van der Waals surface area contributed by atoms with Gasteiger partial charge in [-0.2, -0.15) is 0 Å². The standard InChI is InChI=1S/C21H26N2O/c1-15(2)17-6-10-19(11-7-17)23-20(24)22-14-21(12-13-21)18-8-4-16(3)5-9-18/h4-11,15H,12-14H2,1-3H3,(H2,22,23,24). The summed E-state index contributed by atoms with van der Waals surface area (Å²) in [6, 6.07) is 16.6. The Hall–Kier alpha value is -2.29. The molecule has 3 rings (SSSR count). The third kappa shape index (κ3) is 3.78. The minimum Gasteiger partial charge on any atom is -0.337 e. The van der Waals surface area contributed by atoms with Crippen molar-refractivity contribution in [1.82, 2.24) is 5.32 Å². The lowest BCUT2D eigenvalue weighted by molar-refractivity contribution is 0.251. The molecule has 0 unspecified atom stereocenters. The van der Waals surface area contributed by atoms with Gasteiger partial charge < -0.3 is 10.6 Å². The number of carbonyl (C=O) groups excluding carboxylic acids is 1. The lowest BCUT2D eigenvalue weighted by atomic mass is 9.95. The molecule has 24 heavy (non-hydrogen) atoms. The molecule has 0 spiro atoms. The number of benzene rings is 2. The molecule has 3 heteroatoms. The molecule has 0 bridgehead atoms. The van der Waals surface area contributed by atoms with Crippen molar-refractivity contribution in [3.05, 3.63) is 65.2 Å². The molecule has 0 heterocycles. The van der Waals surface area contributed by atoms with Gasteiger partial charge >= 0.3 is 6.03 Å². The third-order valence-corrected chi connectivity index (χ3v) is 4.94. The Morgan fingerprint density at radius 2 is 1.67 bits per heavy atom. The summed E-state index contributed by atoms with van der Waals surface area (Å²) in [6.45, 7) is 7.11. The molecule has 126 valence electrons. The Bertz CT molecular complexity index is 698. The number of carbonyl (C=O) groups is 1. The van der Waals surface area contributed by atoms with E-state index in [-0.39, 0.29) is 11.4 Å². The Kier molecular flexibility index (Phi) is 4.61. The molecule has 0 radical (unpaired) electrons. The lowest BCUT2D eigenvalue weighted by Gasteiger charge is -2.17. The van der Waals surface area contributed by atoms with Crippen molar-refractivity contribution in [2.45, 2.75) is 44.9 Å². The van der Waals surface area contributed by atoms with Gasteiger partial charge in [0.25, 0.3) is 0 Å². The smallest absolute Gasteiger partial charge is 0.319 e. The summed E-state index contributed by atoms with van der Waals surface area (Å²) in [5.41, 5.74) is 4.83. The monoisotopic (exact) mass is 322 g/mol. The second-order valence-corrected chi connectivity index (χ2v) is 7.23. The lowest BCUT2D eigenvalue weighted by Crippen LogP contribution is -2.35. The molecule has 1 fully saturated rings. The average Bonchev–Trinajstić information content (AvgIpc) is 3.35. The molecule has 2 aromatic carbocycles. The number of aryl methyl sites for hydroxylation is 1. The van der Waals surface area contributed by atoms with Crippen molar-refractivity contribution >= 4 is 11.7 Å². The van der Waals surface area contributed by atoms with Crippen LogP contribution in [0.25, 0.3) is 0 Å². The van der Waals surface area contributed by atoms with Crippen LogP contribution in [-0.2, 0) is 5.41 Å². The zero-order valence-corrected chi connectivity index (χ0v) is 14.7. The van der Waals surface area contributed by atoms with Gasteiger partial charge in [-0.05, 0) is 48.9 Å². The number of rotatable bonds is 5. The second-order valence-electron chi connectivity index (χ2n) is 7.23. The van der Waals surface area contributed by atoms with Crippen LogP contribution in [0.3, 0.4) is 0 Å². The summed E-state index contributed by atoms with van der Waals surface area (Å²) in [4.78, 5) is 12.2. The average molecular weight is 322 g/mol. The molecule has 0 aliphatic heterocycles. The van der Waals surface area contributed by atoms with Gasteiger partial charge in [-0.25, -0.2) is 4.79 Å². The first kappa shape index (κ1) is 16.6. The Balaban J connectivity index is 1.55. The summed E-state index contributed by atoms with van der Waals surface area (Å²) in [6.07, 6.45) is 2.28.